The van der Waals surface area contributed by atoms with E-state index in [2.05, 4.69) is 14.5 Å². The van der Waals surface area contributed by atoms with Crippen LogP contribution in [0, 0.1) is 5.92 Å². The van der Waals surface area contributed by atoms with Gasteiger partial charge in [0.15, 0.2) is 0 Å². The van der Waals surface area contributed by atoms with E-state index in [4.69, 9.17) is 4.42 Å². The van der Waals surface area contributed by atoms with Gasteiger partial charge < -0.3 is 8.98 Å². The number of furan rings is 1. The standard InChI is InChI=1S/C15H22N4O3S/c1-17(11-14-4-3-7-22-14)8-13-9-18-6-5-16-15(18)12-19(10-13)23(2,20)21/h3-7,13H,8-12H2,1-2H3/t13-/m1/s1. The summed E-state index contributed by atoms with van der Waals surface area (Å²) >= 11 is 0. The fourth-order valence-electron chi connectivity index (χ4n) is 3.05. The number of aromatic nitrogens is 2. The molecular formula is C15H22N4O3S. The van der Waals surface area contributed by atoms with E-state index >= 15 is 0 Å². The lowest BCUT2D eigenvalue weighted by Gasteiger charge is -2.25. The van der Waals surface area contributed by atoms with E-state index in [0.29, 0.717) is 19.6 Å². The van der Waals surface area contributed by atoms with Crippen LogP contribution in [0.3, 0.4) is 0 Å². The molecule has 0 N–H and O–H groups in total. The molecule has 1 atom stereocenters. The molecule has 23 heavy (non-hydrogen) atoms. The summed E-state index contributed by atoms with van der Waals surface area (Å²) in [5, 5.41) is 0. The summed E-state index contributed by atoms with van der Waals surface area (Å²) in [6, 6.07) is 3.82. The van der Waals surface area contributed by atoms with Gasteiger partial charge >= 0.3 is 0 Å². The number of hydrogen-bond acceptors (Lipinski definition) is 5. The van der Waals surface area contributed by atoms with E-state index in [0.717, 1.165) is 24.7 Å². The predicted octanol–water partition coefficient (Wildman–Crippen LogP) is 0.999. The van der Waals surface area contributed by atoms with Crippen LogP contribution in [0.15, 0.2) is 35.2 Å². The van der Waals surface area contributed by atoms with Crippen LogP contribution in [0.2, 0.25) is 0 Å². The van der Waals surface area contributed by atoms with E-state index in [1.54, 1.807) is 12.5 Å². The first-order valence-corrected chi connectivity index (χ1v) is 9.42. The van der Waals surface area contributed by atoms with Gasteiger partial charge in [0.2, 0.25) is 10.0 Å². The van der Waals surface area contributed by atoms with Crippen LogP contribution in [0.25, 0.3) is 0 Å². The third kappa shape index (κ3) is 4.01. The number of nitrogens with zero attached hydrogens (tertiary/aromatic N) is 4. The lowest BCUT2D eigenvalue weighted by atomic mass is 10.1. The first-order chi connectivity index (χ1) is 10.9. The summed E-state index contributed by atoms with van der Waals surface area (Å²) in [6.45, 7) is 3.10. The number of rotatable bonds is 5. The Labute approximate surface area is 136 Å². The Morgan fingerprint density at radius 2 is 2.26 bits per heavy atom. The molecule has 3 rings (SSSR count). The van der Waals surface area contributed by atoms with E-state index in [9.17, 15) is 8.42 Å². The van der Waals surface area contributed by atoms with Gasteiger partial charge in [0.05, 0.1) is 25.6 Å². The van der Waals surface area contributed by atoms with Gasteiger partial charge in [-0.05, 0) is 19.2 Å². The first kappa shape index (κ1) is 16.2. The van der Waals surface area contributed by atoms with Crippen molar-refractivity contribution >= 4 is 10.0 Å². The molecule has 0 unspecified atom stereocenters. The van der Waals surface area contributed by atoms with Crippen molar-refractivity contribution in [1.29, 1.82) is 0 Å². The van der Waals surface area contributed by atoms with Crippen LogP contribution >= 0.6 is 0 Å². The quantitative estimate of drug-likeness (QED) is 0.813. The highest BCUT2D eigenvalue weighted by Gasteiger charge is 2.28. The van der Waals surface area contributed by atoms with Gasteiger partial charge in [0.1, 0.15) is 11.6 Å². The van der Waals surface area contributed by atoms with Crippen molar-refractivity contribution in [3.63, 3.8) is 0 Å². The van der Waals surface area contributed by atoms with Gasteiger partial charge in [0, 0.05) is 37.9 Å². The molecule has 0 aliphatic carbocycles. The molecule has 0 saturated carbocycles. The molecule has 2 aromatic rings. The fourth-order valence-corrected chi connectivity index (χ4v) is 3.88. The summed E-state index contributed by atoms with van der Waals surface area (Å²) in [6.07, 6.45) is 6.57. The summed E-state index contributed by atoms with van der Waals surface area (Å²) < 4.78 is 33.0. The lowest BCUT2D eigenvalue weighted by Crippen LogP contribution is -2.37. The molecule has 0 saturated heterocycles. The van der Waals surface area contributed by atoms with Crippen molar-refractivity contribution in [3.05, 3.63) is 42.4 Å². The van der Waals surface area contributed by atoms with Crippen molar-refractivity contribution in [2.75, 3.05) is 26.4 Å². The number of fused-ring (bicyclic) bond motifs is 1. The molecule has 8 heteroatoms. The van der Waals surface area contributed by atoms with Crippen LogP contribution in [0.1, 0.15) is 11.6 Å². The van der Waals surface area contributed by atoms with Crippen LogP contribution < -0.4 is 0 Å². The summed E-state index contributed by atoms with van der Waals surface area (Å²) in [5.74, 6) is 1.90. The molecule has 1 aliphatic rings. The second-order valence-electron chi connectivity index (χ2n) is 6.19. The molecule has 0 fully saturated rings. The molecule has 126 valence electrons. The van der Waals surface area contributed by atoms with Crippen molar-refractivity contribution in [3.8, 4) is 0 Å². The lowest BCUT2D eigenvalue weighted by molar-refractivity contribution is 0.219. The van der Waals surface area contributed by atoms with Crippen LogP contribution in [0.5, 0.6) is 0 Å². The van der Waals surface area contributed by atoms with Gasteiger partial charge in [-0.2, -0.15) is 4.31 Å². The third-order valence-corrected chi connectivity index (χ3v) is 5.30. The predicted molar refractivity (Wildman–Crippen MR) is 86.0 cm³/mol. The van der Waals surface area contributed by atoms with E-state index < -0.39 is 10.0 Å². The van der Waals surface area contributed by atoms with Gasteiger partial charge in [-0.1, -0.05) is 0 Å². The monoisotopic (exact) mass is 338 g/mol. The highest BCUT2D eigenvalue weighted by molar-refractivity contribution is 7.88. The topological polar surface area (TPSA) is 71.6 Å². The molecule has 1 aliphatic heterocycles. The largest absolute Gasteiger partial charge is 0.468 e. The number of imidazole rings is 1. The van der Waals surface area contributed by atoms with Crippen LogP contribution in [-0.2, 0) is 29.7 Å². The Hall–Kier alpha value is -1.64. The highest BCUT2D eigenvalue weighted by atomic mass is 32.2. The Bertz CT molecular complexity index is 739. The zero-order valence-electron chi connectivity index (χ0n) is 13.4. The van der Waals surface area contributed by atoms with Crippen molar-refractivity contribution < 1.29 is 12.8 Å². The molecule has 3 heterocycles. The molecule has 0 spiro atoms. The van der Waals surface area contributed by atoms with E-state index in [1.165, 1.54) is 10.6 Å². The minimum atomic E-state index is -3.25. The maximum absolute atomic E-state index is 12.0. The molecule has 0 radical (unpaired) electrons. The summed E-state index contributed by atoms with van der Waals surface area (Å²) in [7, 11) is -1.22. The van der Waals surface area contributed by atoms with Crippen LogP contribution in [0.4, 0.5) is 0 Å². The Kier molecular flexibility index (Phi) is 4.56. The Morgan fingerprint density at radius 3 is 2.96 bits per heavy atom. The smallest absolute Gasteiger partial charge is 0.211 e. The van der Waals surface area contributed by atoms with Gasteiger partial charge in [0.25, 0.3) is 0 Å². The average molecular weight is 338 g/mol. The second kappa shape index (κ2) is 6.46. The SMILES string of the molecule is CN(Cc1ccco1)C[C@H]1CN(S(C)(=O)=O)Cc2nccn2C1. The Morgan fingerprint density at radius 1 is 1.43 bits per heavy atom. The van der Waals surface area contributed by atoms with Crippen molar-refractivity contribution in [2.45, 2.75) is 19.6 Å². The molecule has 0 amide bonds. The minimum Gasteiger partial charge on any atom is -0.468 e. The van der Waals surface area contributed by atoms with E-state index in [1.807, 2.05) is 25.4 Å². The third-order valence-electron chi connectivity index (χ3n) is 4.08. The minimum absolute atomic E-state index is 0.195. The zero-order valence-corrected chi connectivity index (χ0v) is 14.2. The normalized spacial score (nSPS) is 19.7. The average Bonchev–Trinajstić information content (AvgIpc) is 3.06. The van der Waals surface area contributed by atoms with Crippen LogP contribution in [-0.4, -0.2) is 53.6 Å². The van der Waals surface area contributed by atoms with Gasteiger partial charge in [-0.15, -0.1) is 0 Å². The first-order valence-electron chi connectivity index (χ1n) is 7.58. The van der Waals surface area contributed by atoms with Crippen molar-refractivity contribution in [1.82, 2.24) is 18.8 Å². The maximum atomic E-state index is 12.0. The maximum Gasteiger partial charge on any atom is 0.211 e. The fraction of sp³-hybridized carbons (Fsp3) is 0.533. The van der Waals surface area contributed by atoms with Gasteiger partial charge in [-0.25, -0.2) is 13.4 Å². The molecule has 7 nitrogen and oxygen atoms in total. The second-order valence-corrected chi connectivity index (χ2v) is 8.18. The van der Waals surface area contributed by atoms with Gasteiger partial charge in [-0.3, -0.25) is 4.90 Å². The van der Waals surface area contributed by atoms with E-state index in [-0.39, 0.29) is 5.92 Å². The number of hydrogen-bond donors (Lipinski definition) is 0. The molecule has 2 aromatic heterocycles. The molecule has 0 aromatic carbocycles. The molecule has 0 bridgehead atoms. The highest BCUT2D eigenvalue weighted by Crippen LogP contribution is 2.19. The Balaban J connectivity index is 1.73. The summed E-state index contributed by atoms with van der Waals surface area (Å²) in [4.78, 5) is 6.44. The molecular weight excluding hydrogens is 316 g/mol. The number of sulfonamides is 1. The van der Waals surface area contributed by atoms with Crippen molar-refractivity contribution in [2.24, 2.45) is 5.92 Å². The summed E-state index contributed by atoms with van der Waals surface area (Å²) in [5.41, 5.74) is 0. The zero-order chi connectivity index (χ0) is 16.4.